The molecule has 1 aromatic heterocycles. The number of hydrogen-bond donors (Lipinski definition) is 0. The Morgan fingerprint density at radius 3 is 1.93 bits per heavy atom. The Kier molecular flexibility index (Phi) is 8.21. The third-order valence-corrected chi connectivity index (χ3v) is 9.60. The van der Waals surface area contributed by atoms with Gasteiger partial charge in [-0.25, -0.2) is 9.55 Å². The third-order valence-electron chi connectivity index (χ3n) is 8.09. The van der Waals surface area contributed by atoms with Gasteiger partial charge in [0.05, 0.1) is 17.3 Å². The van der Waals surface area contributed by atoms with Gasteiger partial charge in [-0.3, -0.25) is 9.69 Å². The fourth-order valence-corrected chi connectivity index (χ4v) is 7.55. The summed E-state index contributed by atoms with van der Waals surface area (Å²) in [6, 6.07) is 32.0. The van der Waals surface area contributed by atoms with E-state index in [1.54, 1.807) is 13.8 Å². The summed E-state index contributed by atoms with van der Waals surface area (Å²) in [7, 11) is -4.34. The summed E-state index contributed by atoms with van der Waals surface area (Å²) in [6.07, 6.45) is 0.499. The smallest absolute Gasteiger partial charge is 0.341 e. The zero-order valence-electron chi connectivity index (χ0n) is 25.1. The molecule has 0 saturated heterocycles. The molecule has 0 radical (unpaired) electrons. The summed E-state index contributed by atoms with van der Waals surface area (Å²) in [6.45, 7) is 7.20. The Bertz CT molecular complexity index is 1900. The fraction of sp³-hybridized carbons (Fsp3) is 0.222. The Morgan fingerprint density at radius 1 is 0.818 bits per heavy atom. The average Bonchev–Trinajstić information content (AvgIpc) is 3.00. The molecule has 0 N–H and O–H groups in total. The van der Waals surface area contributed by atoms with Gasteiger partial charge < -0.3 is 4.18 Å². The Morgan fingerprint density at radius 2 is 1.36 bits per heavy atom. The Balaban J connectivity index is 1.53. The molecule has 0 bridgehead atoms. The van der Waals surface area contributed by atoms with Gasteiger partial charge in [-0.1, -0.05) is 109 Å². The lowest BCUT2D eigenvalue weighted by atomic mass is 9.97. The van der Waals surface area contributed by atoms with E-state index in [1.165, 1.54) is 4.57 Å². The van der Waals surface area contributed by atoms with Crippen LogP contribution in [-0.2, 0) is 29.6 Å². The van der Waals surface area contributed by atoms with Crippen LogP contribution in [-0.4, -0.2) is 29.4 Å². The largest absolute Gasteiger partial charge is 0.342 e. The van der Waals surface area contributed by atoms with Gasteiger partial charge in [0.25, 0.3) is 5.56 Å². The van der Waals surface area contributed by atoms with E-state index in [0.29, 0.717) is 48.4 Å². The van der Waals surface area contributed by atoms with Crippen LogP contribution in [0.3, 0.4) is 0 Å². The first-order valence-electron chi connectivity index (χ1n) is 14.7. The monoisotopic (exact) mass is 605 g/mol. The van der Waals surface area contributed by atoms with Gasteiger partial charge in [-0.2, -0.15) is 8.42 Å². The van der Waals surface area contributed by atoms with Gasteiger partial charge in [0.1, 0.15) is 4.90 Å². The predicted molar refractivity (Wildman–Crippen MR) is 171 cm³/mol. The lowest BCUT2D eigenvalue weighted by molar-refractivity contribution is 0.239. The molecule has 0 spiro atoms. The van der Waals surface area contributed by atoms with Crippen molar-refractivity contribution in [2.24, 2.45) is 0 Å². The van der Waals surface area contributed by atoms with Crippen molar-refractivity contribution in [3.05, 3.63) is 158 Å². The van der Waals surface area contributed by atoms with Gasteiger partial charge in [0.2, 0.25) is 0 Å². The molecular formula is C36H35N3O4S. The maximum Gasteiger partial charge on any atom is 0.342 e. The summed E-state index contributed by atoms with van der Waals surface area (Å²) in [5, 5.41) is 0. The van der Waals surface area contributed by atoms with Gasteiger partial charge >= 0.3 is 16.1 Å². The second-order valence-electron chi connectivity index (χ2n) is 11.4. The first-order valence-corrected chi connectivity index (χ1v) is 16.1. The van der Waals surface area contributed by atoms with Gasteiger partial charge in [-0.15, -0.1) is 0 Å². The van der Waals surface area contributed by atoms with Crippen LogP contribution >= 0.6 is 0 Å². The molecule has 8 heteroatoms. The SMILES string of the molecule is Cc1cc(C)c(S(=O)(=O)Oc2nc3c(c(=O)n2C(c2ccccc2)c2ccccc2)CN(Cc2ccccc2)CC3)c(C)c1. The lowest BCUT2D eigenvalue weighted by Gasteiger charge is -2.30. The molecule has 44 heavy (non-hydrogen) atoms. The molecule has 0 unspecified atom stereocenters. The summed E-state index contributed by atoms with van der Waals surface area (Å²) < 4.78 is 35.2. The Hall–Kier alpha value is -4.53. The highest BCUT2D eigenvalue weighted by molar-refractivity contribution is 7.87. The van der Waals surface area contributed by atoms with Crippen LogP contribution in [0, 0.1) is 20.8 Å². The second-order valence-corrected chi connectivity index (χ2v) is 12.9. The number of hydrogen-bond acceptors (Lipinski definition) is 6. The molecule has 6 rings (SSSR count). The molecule has 0 aliphatic carbocycles. The molecule has 2 heterocycles. The van der Waals surface area contributed by atoms with Crippen molar-refractivity contribution in [1.82, 2.24) is 14.5 Å². The molecule has 1 aliphatic heterocycles. The van der Waals surface area contributed by atoms with Crippen molar-refractivity contribution in [3.8, 4) is 6.01 Å². The van der Waals surface area contributed by atoms with Gasteiger partial charge in [0, 0.05) is 26.1 Å². The number of rotatable bonds is 8. The van der Waals surface area contributed by atoms with E-state index in [4.69, 9.17) is 9.17 Å². The van der Waals surface area contributed by atoms with E-state index >= 15 is 0 Å². The van der Waals surface area contributed by atoms with Crippen molar-refractivity contribution in [1.29, 1.82) is 0 Å². The minimum atomic E-state index is -4.34. The van der Waals surface area contributed by atoms with Crippen LogP contribution in [0.15, 0.2) is 113 Å². The summed E-state index contributed by atoms with van der Waals surface area (Å²) in [5.41, 5.74) is 5.69. The van der Waals surface area contributed by atoms with E-state index in [0.717, 1.165) is 22.3 Å². The standard InChI is InChI=1S/C36H35N3O4S/c1-25-21-26(2)34(27(3)22-25)44(41,42)43-36-37-32-19-20-38(23-28-13-7-4-8-14-28)24-31(32)35(40)39(36)33(29-15-9-5-10-16-29)30-17-11-6-12-18-30/h4-18,21-22,33H,19-20,23-24H2,1-3H3. The number of nitrogens with zero attached hydrogens (tertiary/aromatic N) is 3. The van der Waals surface area contributed by atoms with Crippen LogP contribution in [0.4, 0.5) is 0 Å². The Labute approximate surface area is 258 Å². The van der Waals surface area contributed by atoms with E-state index in [9.17, 15) is 13.2 Å². The first kappa shape index (κ1) is 29.5. The van der Waals surface area contributed by atoms with Crippen molar-refractivity contribution in [2.45, 2.75) is 51.2 Å². The van der Waals surface area contributed by atoms with E-state index in [1.807, 2.05) is 97.9 Å². The van der Waals surface area contributed by atoms with Crippen molar-refractivity contribution >= 4 is 10.1 Å². The first-order chi connectivity index (χ1) is 21.2. The zero-order valence-corrected chi connectivity index (χ0v) is 25.9. The molecule has 7 nitrogen and oxygen atoms in total. The van der Waals surface area contributed by atoms with Crippen LogP contribution in [0.1, 0.15) is 50.7 Å². The van der Waals surface area contributed by atoms with E-state index in [-0.39, 0.29) is 16.5 Å². The molecule has 5 aromatic rings. The topological polar surface area (TPSA) is 81.5 Å². The second kappa shape index (κ2) is 12.2. The van der Waals surface area contributed by atoms with Crippen LogP contribution in [0.25, 0.3) is 0 Å². The van der Waals surface area contributed by atoms with Crippen LogP contribution in [0.5, 0.6) is 6.01 Å². The van der Waals surface area contributed by atoms with Crippen molar-refractivity contribution in [2.75, 3.05) is 6.54 Å². The fourth-order valence-electron chi connectivity index (χ4n) is 6.25. The molecule has 0 amide bonds. The van der Waals surface area contributed by atoms with Crippen LogP contribution in [0.2, 0.25) is 0 Å². The van der Waals surface area contributed by atoms with Gasteiger partial charge in [-0.05, 0) is 48.6 Å². The number of aromatic nitrogens is 2. The minimum Gasteiger partial charge on any atom is -0.341 e. The molecule has 0 atom stereocenters. The number of fused-ring (bicyclic) bond motifs is 1. The normalized spacial score (nSPS) is 13.5. The highest BCUT2D eigenvalue weighted by Gasteiger charge is 2.32. The maximum absolute atomic E-state index is 14.6. The highest BCUT2D eigenvalue weighted by atomic mass is 32.2. The van der Waals surface area contributed by atoms with E-state index in [2.05, 4.69) is 17.0 Å². The number of aryl methyl sites for hydroxylation is 3. The molecule has 1 aliphatic rings. The quantitative estimate of drug-likeness (QED) is 0.198. The summed E-state index contributed by atoms with van der Waals surface area (Å²) in [5.74, 6) is 0. The van der Waals surface area contributed by atoms with Gasteiger partial charge in [0.15, 0.2) is 0 Å². The summed E-state index contributed by atoms with van der Waals surface area (Å²) >= 11 is 0. The predicted octanol–water partition coefficient (Wildman–Crippen LogP) is 6.13. The lowest BCUT2D eigenvalue weighted by Crippen LogP contribution is -2.40. The van der Waals surface area contributed by atoms with Crippen molar-refractivity contribution in [3.63, 3.8) is 0 Å². The van der Waals surface area contributed by atoms with Crippen LogP contribution < -0.4 is 9.74 Å². The zero-order chi connectivity index (χ0) is 30.8. The molecule has 0 fully saturated rings. The number of benzene rings is 4. The van der Waals surface area contributed by atoms with Crippen molar-refractivity contribution < 1.29 is 12.6 Å². The van der Waals surface area contributed by atoms with E-state index < -0.39 is 16.2 Å². The minimum absolute atomic E-state index is 0.0895. The third kappa shape index (κ3) is 5.96. The highest BCUT2D eigenvalue weighted by Crippen LogP contribution is 2.32. The average molecular weight is 606 g/mol. The molecular weight excluding hydrogens is 570 g/mol. The summed E-state index contributed by atoms with van der Waals surface area (Å²) in [4.78, 5) is 21.8. The molecule has 224 valence electrons. The molecule has 0 saturated carbocycles. The maximum atomic E-state index is 14.6. The molecule has 4 aromatic carbocycles.